The van der Waals surface area contributed by atoms with E-state index >= 15 is 0 Å². The Morgan fingerprint density at radius 3 is 2.18 bits per heavy atom. The Labute approximate surface area is 101 Å². The molecule has 0 bridgehead atoms. The lowest BCUT2D eigenvalue weighted by molar-refractivity contribution is -0.147. The van der Waals surface area contributed by atoms with E-state index < -0.39 is 5.97 Å². The molecule has 0 radical (unpaired) electrons. The lowest BCUT2D eigenvalue weighted by Gasteiger charge is -2.30. The molecule has 0 aliphatic heterocycles. The number of nitrogens with zero attached hydrogens (tertiary/aromatic N) is 1. The summed E-state index contributed by atoms with van der Waals surface area (Å²) in [5.41, 5.74) is 5.81. The van der Waals surface area contributed by atoms with Crippen LogP contribution in [0, 0.1) is 5.92 Å². The van der Waals surface area contributed by atoms with Crippen LogP contribution in [-0.4, -0.2) is 40.5 Å². The standard InChI is InChI=1S/C12H20N2O3/c13-9-3-1-8(2-4-9)12(17)14(7-11(15)16)10-5-6-10/h8-10H,1-7,13H2,(H,15,16). The number of carboxylic acid groups (broad SMARTS) is 1. The Kier molecular flexibility index (Phi) is 3.66. The maximum atomic E-state index is 12.2. The van der Waals surface area contributed by atoms with Crippen molar-refractivity contribution >= 4 is 11.9 Å². The van der Waals surface area contributed by atoms with E-state index in [0.717, 1.165) is 38.5 Å². The SMILES string of the molecule is NC1CCC(C(=O)N(CC(=O)O)C2CC2)CC1. The number of rotatable bonds is 4. The molecule has 2 aliphatic rings. The second-order valence-corrected chi connectivity index (χ2v) is 5.20. The molecule has 2 saturated carbocycles. The number of amides is 1. The highest BCUT2D eigenvalue weighted by Crippen LogP contribution is 2.31. The third kappa shape index (κ3) is 3.19. The van der Waals surface area contributed by atoms with Crippen LogP contribution in [0.15, 0.2) is 0 Å². The first kappa shape index (κ1) is 12.4. The highest BCUT2D eigenvalue weighted by Gasteiger charge is 2.37. The summed E-state index contributed by atoms with van der Waals surface area (Å²) in [4.78, 5) is 24.6. The van der Waals surface area contributed by atoms with Crippen LogP contribution in [0.4, 0.5) is 0 Å². The Bertz CT molecular complexity index is 307. The average Bonchev–Trinajstić information content (AvgIpc) is 3.09. The van der Waals surface area contributed by atoms with Gasteiger partial charge in [0.25, 0.3) is 0 Å². The Balaban J connectivity index is 1.93. The van der Waals surface area contributed by atoms with Crippen LogP contribution in [0.3, 0.4) is 0 Å². The monoisotopic (exact) mass is 240 g/mol. The quantitative estimate of drug-likeness (QED) is 0.753. The largest absolute Gasteiger partial charge is 0.480 e. The lowest BCUT2D eigenvalue weighted by atomic mass is 9.85. The number of carbonyl (C=O) groups excluding carboxylic acids is 1. The van der Waals surface area contributed by atoms with E-state index in [1.165, 1.54) is 0 Å². The van der Waals surface area contributed by atoms with Gasteiger partial charge in [0.15, 0.2) is 0 Å². The van der Waals surface area contributed by atoms with Crippen LogP contribution in [0.25, 0.3) is 0 Å². The summed E-state index contributed by atoms with van der Waals surface area (Å²) in [5, 5.41) is 8.84. The first-order valence-corrected chi connectivity index (χ1v) is 6.35. The van der Waals surface area contributed by atoms with Gasteiger partial charge in [-0.2, -0.15) is 0 Å². The van der Waals surface area contributed by atoms with Gasteiger partial charge in [-0.05, 0) is 38.5 Å². The van der Waals surface area contributed by atoms with Gasteiger partial charge in [0, 0.05) is 18.0 Å². The fourth-order valence-electron chi connectivity index (χ4n) is 2.52. The highest BCUT2D eigenvalue weighted by molar-refractivity contribution is 5.83. The predicted molar refractivity (Wildman–Crippen MR) is 62.3 cm³/mol. The molecule has 5 nitrogen and oxygen atoms in total. The summed E-state index contributed by atoms with van der Waals surface area (Å²) in [5.74, 6) is -0.894. The molecule has 2 fully saturated rings. The van der Waals surface area contributed by atoms with Gasteiger partial charge in [-0.15, -0.1) is 0 Å². The first-order chi connectivity index (χ1) is 8.08. The number of hydrogen-bond donors (Lipinski definition) is 2. The molecule has 96 valence electrons. The van der Waals surface area contributed by atoms with Crippen LogP contribution < -0.4 is 5.73 Å². The molecule has 0 aromatic heterocycles. The van der Waals surface area contributed by atoms with Crippen molar-refractivity contribution in [2.45, 2.75) is 50.6 Å². The molecule has 3 N–H and O–H groups in total. The molecule has 2 rings (SSSR count). The van der Waals surface area contributed by atoms with Gasteiger partial charge in [-0.25, -0.2) is 0 Å². The molecule has 0 saturated heterocycles. The molecule has 0 aromatic carbocycles. The fourth-order valence-corrected chi connectivity index (χ4v) is 2.52. The Hall–Kier alpha value is -1.10. The summed E-state index contributed by atoms with van der Waals surface area (Å²) < 4.78 is 0. The molecular weight excluding hydrogens is 220 g/mol. The highest BCUT2D eigenvalue weighted by atomic mass is 16.4. The van der Waals surface area contributed by atoms with Crippen LogP contribution in [0.1, 0.15) is 38.5 Å². The minimum absolute atomic E-state index is 0.00486. The van der Waals surface area contributed by atoms with E-state index in [9.17, 15) is 9.59 Å². The average molecular weight is 240 g/mol. The third-order valence-corrected chi connectivity index (χ3v) is 3.70. The van der Waals surface area contributed by atoms with Crippen molar-refractivity contribution in [2.24, 2.45) is 11.7 Å². The van der Waals surface area contributed by atoms with Crippen LogP contribution in [0.5, 0.6) is 0 Å². The summed E-state index contributed by atoms with van der Waals surface area (Å²) >= 11 is 0. The summed E-state index contributed by atoms with van der Waals surface area (Å²) in [6.45, 7) is -0.147. The summed E-state index contributed by atoms with van der Waals surface area (Å²) in [7, 11) is 0. The molecule has 0 unspecified atom stereocenters. The topological polar surface area (TPSA) is 83.6 Å². The number of carboxylic acids is 1. The molecule has 2 aliphatic carbocycles. The second-order valence-electron chi connectivity index (χ2n) is 5.20. The van der Waals surface area contributed by atoms with E-state index in [4.69, 9.17) is 10.8 Å². The van der Waals surface area contributed by atoms with E-state index in [0.29, 0.717) is 0 Å². The van der Waals surface area contributed by atoms with Gasteiger partial charge in [-0.1, -0.05) is 0 Å². The van der Waals surface area contributed by atoms with Gasteiger partial charge in [0.05, 0.1) is 0 Å². The van der Waals surface area contributed by atoms with E-state index in [1.807, 2.05) is 0 Å². The fraction of sp³-hybridized carbons (Fsp3) is 0.833. The Morgan fingerprint density at radius 2 is 1.71 bits per heavy atom. The molecule has 17 heavy (non-hydrogen) atoms. The summed E-state index contributed by atoms with van der Waals surface area (Å²) in [6.07, 6.45) is 5.27. The van der Waals surface area contributed by atoms with Crippen molar-refractivity contribution in [1.82, 2.24) is 4.90 Å². The van der Waals surface area contributed by atoms with Crippen LogP contribution in [-0.2, 0) is 9.59 Å². The van der Waals surface area contributed by atoms with Gasteiger partial charge >= 0.3 is 5.97 Å². The zero-order valence-electron chi connectivity index (χ0n) is 9.97. The number of hydrogen-bond acceptors (Lipinski definition) is 3. The molecule has 0 spiro atoms. The Morgan fingerprint density at radius 1 is 1.12 bits per heavy atom. The minimum atomic E-state index is -0.919. The van der Waals surface area contributed by atoms with Gasteiger partial charge in [0.1, 0.15) is 6.54 Å². The van der Waals surface area contributed by atoms with Crippen molar-refractivity contribution in [3.05, 3.63) is 0 Å². The summed E-state index contributed by atoms with van der Waals surface area (Å²) in [6, 6.07) is 0.391. The molecule has 0 atom stereocenters. The third-order valence-electron chi connectivity index (χ3n) is 3.70. The van der Waals surface area contributed by atoms with E-state index in [2.05, 4.69) is 0 Å². The van der Waals surface area contributed by atoms with E-state index in [-0.39, 0.29) is 30.5 Å². The molecular formula is C12H20N2O3. The maximum Gasteiger partial charge on any atom is 0.323 e. The predicted octanol–water partition coefficient (Wildman–Crippen LogP) is 0.579. The minimum Gasteiger partial charge on any atom is -0.480 e. The van der Waals surface area contributed by atoms with Crippen molar-refractivity contribution in [3.8, 4) is 0 Å². The van der Waals surface area contributed by atoms with Gasteiger partial charge in [-0.3, -0.25) is 9.59 Å². The molecule has 0 heterocycles. The lowest BCUT2D eigenvalue weighted by Crippen LogP contribution is -2.43. The number of aliphatic carboxylic acids is 1. The molecule has 5 heteroatoms. The zero-order chi connectivity index (χ0) is 12.4. The molecule has 1 amide bonds. The zero-order valence-corrected chi connectivity index (χ0v) is 9.97. The van der Waals surface area contributed by atoms with Crippen molar-refractivity contribution in [1.29, 1.82) is 0 Å². The second kappa shape index (κ2) is 5.04. The van der Waals surface area contributed by atoms with Crippen LogP contribution >= 0.6 is 0 Å². The van der Waals surface area contributed by atoms with Gasteiger partial charge in [0.2, 0.25) is 5.91 Å². The number of nitrogens with two attached hydrogens (primary N) is 1. The normalized spacial score (nSPS) is 28.8. The smallest absolute Gasteiger partial charge is 0.323 e. The number of carbonyl (C=O) groups is 2. The van der Waals surface area contributed by atoms with Gasteiger partial charge < -0.3 is 15.7 Å². The van der Waals surface area contributed by atoms with Crippen molar-refractivity contribution < 1.29 is 14.7 Å². The molecule has 0 aromatic rings. The van der Waals surface area contributed by atoms with Crippen molar-refractivity contribution in [3.63, 3.8) is 0 Å². The van der Waals surface area contributed by atoms with E-state index in [1.54, 1.807) is 4.90 Å². The first-order valence-electron chi connectivity index (χ1n) is 6.35. The maximum absolute atomic E-state index is 12.2. The van der Waals surface area contributed by atoms with Crippen molar-refractivity contribution in [2.75, 3.05) is 6.54 Å². The van der Waals surface area contributed by atoms with Crippen LogP contribution in [0.2, 0.25) is 0 Å².